The van der Waals surface area contributed by atoms with Crippen LogP contribution in [-0.2, 0) is 4.74 Å². The van der Waals surface area contributed by atoms with Gasteiger partial charge in [-0.3, -0.25) is 9.69 Å². The van der Waals surface area contributed by atoms with Gasteiger partial charge in [0.2, 0.25) is 0 Å². The second kappa shape index (κ2) is 5.54. The minimum atomic E-state index is 0.0434. The molecule has 0 saturated carbocycles. The molecule has 1 aromatic carbocycles. The Hall–Kier alpha value is -1.39. The van der Waals surface area contributed by atoms with Crippen molar-refractivity contribution in [2.24, 2.45) is 0 Å². The number of carbonyl (C=O) groups excluding carboxylic acids is 1. The molecule has 108 valence electrons. The summed E-state index contributed by atoms with van der Waals surface area (Å²) in [6.45, 7) is 6.78. The molecule has 2 aliphatic rings. The zero-order chi connectivity index (χ0) is 14.1. The van der Waals surface area contributed by atoms with Gasteiger partial charge in [0.05, 0.1) is 12.7 Å². The van der Waals surface area contributed by atoms with Crippen molar-refractivity contribution in [2.45, 2.75) is 38.5 Å². The van der Waals surface area contributed by atoms with Crippen molar-refractivity contribution in [3.63, 3.8) is 0 Å². The Morgan fingerprint density at radius 1 is 1.35 bits per heavy atom. The molecule has 2 saturated heterocycles. The van der Waals surface area contributed by atoms with Crippen LogP contribution in [0.15, 0.2) is 24.3 Å². The summed E-state index contributed by atoms with van der Waals surface area (Å²) in [6, 6.07) is 8.44. The number of benzene rings is 1. The number of rotatable bonds is 2. The van der Waals surface area contributed by atoms with Gasteiger partial charge in [-0.05, 0) is 31.9 Å². The predicted molar refractivity (Wildman–Crippen MR) is 77.8 cm³/mol. The second-order valence-corrected chi connectivity index (χ2v) is 5.97. The number of ether oxygens (including phenoxy) is 1. The molecule has 20 heavy (non-hydrogen) atoms. The van der Waals surface area contributed by atoms with Gasteiger partial charge in [-0.15, -0.1) is 0 Å². The van der Waals surface area contributed by atoms with Crippen LogP contribution in [0, 0.1) is 6.92 Å². The maximum Gasteiger partial charge on any atom is 0.251 e. The molecule has 0 spiro atoms. The van der Waals surface area contributed by atoms with Crippen LogP contribution in [-0.4, -0.2) is 48.7 Å². The highest BCUT2D eigenvalue weighted by molar-refractivity contribution is 5.95. The molecule has 4 nitrogen and oxygen atoms in total. The first-order valence-electron chi connectivity index (χ1n) is 7.35. The van der Waals surface area contributed by atoms with Crippen molar-refractivity contribution in [2.75, 3.05) is 19.7 Å². The van der Waals surface area contributed by atoms with E-state index in [1.165, 1.54) is 0 Å². The summed E-state index contributed by atoms with van der Waals surface area (Å²) in [5.74, 6) is 0.0434. The number of morpholine rings is 1. The lowest BCUT2D eigenvalue weighted by atomic mass is 10.1. The number of hydrogen-bond donors (Lipinski definition) is 1. The fraction of sp³-hybridized carbons (Fsp3) is 0.562. The molecule has 2 fully saturated rings. The van der Waals surface area contributed by atoms with Crippen LogP contribution in [0.4, 0.5) is 0 Å². The fourth-order valence-corrected chi connectivity index (χ4v) is 3.23. The van der Waals surface area contributed by atoms with E-state index < -0.39 is 0 Å². The Morgan fingerprint density at radius 2 is 2.15 bits per heavy atom. The summed E-state index contributed by atoms with van der Waals surface area (Å²) in [7, 11) is 0. The first-order chi connectivity index (χ1) is 9.63. The van der Waals surface area contributed by atoms with E-state index in [4.69, 9.17) is 4.74 Å². The van der Waals surface area contributed by atoms with Crippen molar-refractivity contribution in [1.82, 2.24) is 10.2 Å². The first-order valence-corrected chi connectivity index (χ1v) is 7.35. The second-order valence-electron chi connectivity index (χ2n) is 5.97. The Bertz CT molecular complexity index is 503. The molecular weight excluding hydrogens is 252 g/mol. The van der Waals surface area contributed by atoms with E-state index in [1.54, 1.807) is 0 Å². The highest BCUT2D eigenvalue weighted by Gasteiger charge is 2.36. The number of amides is 1. The van der Waals surface area contributed by atoms with Gasteiger partial charge >= 0.3 is 0 Å². The van der Waals surface area contributed by atoms with E-state index in [-0.39, 0.29) is 11.9 Å². The fourth-order valence-electron chi connectivity index (χ4n) is 3.23. The molecule has 4 heteroatoms. The standard InChI is InChI=1S/C16H22N2O2/c1-11-5-3-4-6-15(11)16(19)17-13-7-14-10-20-12(2)8-18(14)9-13/h3-6,12-14H,7-10H2,1-2H3,(H,17,19)/t12-,13-,14-/m0/s1. The Kier molecular flexibility index (Phi) is 3.76. The van der Waals surface area contributed by atoms with Crippen molar-refractivity contribution in [3.05, 3.63) is 35.4 Å². The van der Waals surface area contributed by atoms with E-state index in [0.29, 0.717) is 12.1 Å². The summed E-state index contributed by atoms with van der Waals surface area (Å²) in [6.07, 6.45) is 1.29. The molecule has 0 aromatic heterocycles. The summed E-state index contributed by atoms with van der Waals surface area (Å²) in [4.78, 5) is 14.8. The first kappa shape index (κ1) is 13.6. The van der Waals surface area contributed by atoms with Crippen LogP contribution in [0.2, 0.25) is 0 Å². The van der Waals surface area contributed by atoms with Crippen LogP contribution < -0.4 is 5.32 Å². The quantitative estimate of drug-likeness (QED) is 0.890. The van der Waals surface area contributed by atoms with Crippen molar-refractivity contribution < 1.29 is 9.53 Å². The largest absolute Gasteiger partial charge is 0.376 e. The highest BCUT2D eigenvalue weighted by Crippen LogP contribution is 2.23. The number of hydrogen-bond acceptors (Lipinski definition) is 3. The molecule has 1 amide bonds. The molecule has 2 aliphatic heterocycles. The molecule has 3 rings (SSSR count). The molecular formula is C16H22N2O2. The number of carbonyl (C=O) groups is 1. The normalized spacial score (nSPS) is 30.0. The lowest BCUT2D eigenvalue weighted by Gasteiger charge is -2.33. The minimum absolute atomic E-state index is 0.0434. The van der Waals surface area contributed by atoms with Crippen LogP contribution in [0.1, 0.15) is 29.3 Å². The van der Waals surface area contributed by atoms with Gasteiger partial charge in [0, 0.05) is 30.7 Å². The molecule has 3 atom stereocenters. The summed E-state index contributed by atoms with van der Waals surface area (Å²) >= 11 is 0. The SMILES string of the molecule is Cc1ccccc1C(=O)N[C@H]1C[C@H]2CO[C@@H](C)CN2C1. The lowest BCUT2D eigenvalue weighted by Crippen LogP contribution is -2.45. The molecule has 0 unspecified atom stereocenters. The lowest BCUT2D eigenvalue weighted by molar-refractivity contribution is -0.0390. The predicted octanol–water partition coefficient (Wildman–Crippen LogP) is 1.59. The summed E-state index contributed by atoms with van der Waals surface area (Å²) in [5.41, 5.74) is 1.81. The molecule has 1 N–H and O–H groups in total. The van der Waals surface area contributed by atoms with Crippen LogP contribution in [0.5, 0.6) is 0 Å². The average Bonchev–Trinajstić information content (AvgIpc) is 2.80. The average molecular weight is 274 g/mol. The highest BCUT2D eigenvalue weighted by atomic mass is 16.5. The third-order valence-corrected chi connectivity index (χ3v) is 4.32. The van der Waals surface area contributed by atoms with Gasteiger partial charge in [0.15, 0.2) is 0 Å². The maximum atomic E-state index is 12.3. The van der Waals surface area contributed by atoms with Gasteiger partial charge in [0.1, 0.15) is 0 Å². The zero-order valence-electron chi connectivity index (χ0n) is 12.1. The van der Waals surface area contributed by atoms with Gasteiger partial charge in [-0.1, -0.05) is 18.2 Å². The van der Waals surface area contributed by atoms with E-state index in [1.807, 2.05) is 31.2 Å². The van der Waals surface area contributed by atoms with Gasteiger partial charge < -0.3 is 10.1 Å². The van der Waals surface area contributed by atoms with Crippen molar-refractivity contribution in [3.8, 4) is 0 Å². The van der Waals surface area contributed by atoms with Gasteiger partial charge in [-0.2, -0.15) is 0 Å². The zero-order valence-corrected chi connectivity index (χ0v) is 12.1. The Balaban J connectivity index is 1.62. The number of aryl methyl sites for hydroxylation is 1. The number of nitrogens with zero attached hydrogens (tertiary/aromatic N) is 1. The Labute approximate surface area is 120 Å². The third-order valence-electron chi connectivity index (χ3n) is 4.32. The van der Waals surface area contributed by atoms with Gasteiger partial charge in [0.25, 0.3) is 5.91 Å². The van der Waals surface area contributed by atoms with E-state index >= 15 is 0 Å². The van der Waals surface area contributed by atoms with Crippen molar-refractivity contribution >= 4 is 5.91 Å². The monoisotopic (exact) mass is 274 g/mol. The minimum Gasteiger partial charge on any atom is -0.376 e. The summed E-state index contributed by atoms with van der Waals surface area (Å²) < 4.78 is 5.69. The molecule has 0 radical (unpaired) electrons. The van der Waals surface area contributed by atoms with Crippen molar-refractivity contribution in [1.29, 1.82) is 0 Å². The number of nitrogens with one attached hydrogen (secondary N) is 1. The van der Waals surface area contributed by atoms with E-state index in [0.717, 1.165) is 37.2 Å². The summed E-state index contributed by atoms with van der Waals surface area (Å²) in [5, 5.41) is 3.17. The Morgan fingerprint density at radius 3 is 2.95 bits per heavy atom. The molecule has 0 bridgehead atoms. The van der Waals surface area contributed by atoms with Gasteiger partial charge in [-0.25, -0.2) is 0 Å². The van der Waals surface area contributed by atoms with Crippen LogP contribution in [0.25, 0.3) is 0 Å². The molecule has 1 aromatic rings. The van der Waals surface area contributed by atoms with Crippen LogP contribution in [0.3, 0.4) is 0 Å². The van der Waals surface area contributed by atoms with Crippen LogP contribution >= 0.6 is 0 Å². The smallest absolute Gasteiger partial charge is 0.251 e. The number of fused-ring (bicyclic) bond motifs is 1. The van der Waals surface area contributed by atoms with E-state index in [2.05, 4.69) is 17.1 Å². The molecule has 2 heterocycles. The topological polar surface area (TPSA) is 41.6 Å². The third kappa shape index (κ3) is 2.72. The maximum absolute atomic E-state index is 12.3. The van der Waals surface area contributed by atoms with E-state index in [9.17, 15) is 4.79 Å². The molecule has 0 aliphatic carbocycles.